The van der Waals surface area contributed by atoms with Crippen LogP contribution in [0.2, 0.25) is 0 Å². The average Bonchev–Trinajstić information content (AvgIpc) is 2.80. The predicted molar refractivity (Wildman–Crippen MR) is 120 cm³/mol. The summed E-state index contributed by atoms with van der Waals surface area (Å²) in [5.74, 6) is 1.58. The number of nitrogens with one attached hydrogen (secondary N) is 2. The highest BCUT2D eigenvalue weighted by Crippen LogP contribution is 2.29. The first-order chi connectivity index (χ1) is 15.3. The summed E-state index contributed by atoms with van der Waals surface area (Å²) in [5, 5.41) is 2.86. The van der Waals surface area contributed by atoms with E-state index in [1.54, 1.807) is 45.6 Å². The van der Waals surface area contributed by atoms with Gasteiger partial charge in [0.25, 0.3) is 10.2 Å². The molecule has 0 bridgehead atoms. The molecule has 2 N–H and O–H groups in total. The molecule has 0 spiro atoms. The number of carbonyl (C=O) groups is 1. The quantitative estimate of drug-likeness (QED) is 0.617. The SMILES string of the molecule is COc1ccc([C@@H]2C[C@H](C(=O)NCCc3ccc(OC)c(OC)c3)N(C)S(=O)(=O)N2)cc1. The van der Waals surface area contributed by atoms with Gasteiger partial charge in [-0.15, -0.1) is 0 Å². The van der Waals surface area contributed by atoms with Crippen LogP contribution in [0, 0.1) is 0 Å². The van der Waals surface area contributed by atoms with Crippen LogP contribution in [0.1, 0.15) is 23.6 Å². The lowest BCUT2D eigenvalue weighted by molar-refractivity contribution is -0.125. The number of amides is 1. The van der Waals surface area contributed by atoms with Crippen LogP contribution in [0.5, 0.6) is 17.2 Å². The lowest BCUT2D eigenvalue weighted by Crippen LogP contribution is -2.57. The summed E-state index contributed by atoms with van der Waals surface area (Å²) in [6.07, 6.45) is 0.875. The minimum absolute atomic E-state index is 0.310. The fourth-order valence-electron chi connectivity index (χ4n) is 3.65. The summed E-state index contributed by atoms with van der Waals surface area (Å²) in [7, 11) is 2.31. The van der Waals surface area contributed by atoms with Crippen molar-refractivity contribution in [1.82, 2.24) is 14.3 Å². The third-order valence-electron chi connectivity index (χ3n) is 5.55. The van der Waals surface area contributed by atoms with Crippen LogP contribution >= 0.6 is 0 Å². The van der Waals surface area contributed by atoms with Crippen LogP contribution < -0.4 is 24.2 Å². The van der Waals surface area contributed by atoms with E-state index in [9.17, 15) is 13.2 Å². The van der Waals surface area contributed by atoms with E-state index in [4.69, 9.17) is 14.2 Å². The van der Waals surface area contributed by atoms with Crippen LogP contribution in [0.25, 0.3) is 0 Å². The highest BCUT2D eigenvalue weighted by atomic mass is 32.2. The largest absolute Gasteiger partial charge is 0.497 e. The Balaban J connectivity index is 1.66. The van der Waals surface area contributed by atoms with Crippen LogP contribution in [-0.2, 0) is 21.4 Å². The molecule has 32 heavy (non-hydrogen) atoms. The summed E-state index contributed by atoms with van der Waals surface area (Å²) in [6, 6.07) is 11.3. The van der Waals surface area contributed by atoms with E-state index >= 15 is 0 Å². The van der Waals surface area contributed by atoms with E-state index in [0.717, 1.165) is 15.4 Å². The van der Waals surface area contributed by atoms with E-state index in [1.807, 2.05) is 18.2 Å². The van der Waals surface area contributed by atoms with Gasteiger partial charge in [0, 0.05) is 19.6 Å². The van der Waals surface area contributed by atoms with Crippen molar-refractivity contribution in [2.24, 2.45) is 0 Å². The van der Waals surface area contributed by atoms with E-state index < -0.39 is 22.3 Å². The lowest BCUT2D eigenvalue weighted by atomic mass is 9.99. The number of rotatable bonds is 8. The number of methoxy groups -OCH3 is 3. The Labute approximate surface area is 188 Å². The van der Waals surface area contributed by atoms with Crippen molar-refractivity contribution >= 4 is 16.1 Å². The van der Waals surface area contributed by atoms with Crippen LogP contribution in [0.4, 0.5) is 0 Å². The van der Waals surface area contributed by atoms with Gasteiger partial charge in [0.05, 0.1) is 21.3 Å². The van der Waals surface area contributed by atoms with Gasteiger partial charge in [-0.25, -0.2) is 0 Å². The zero-order chi connectivity index (χ0) is 23.3. The second kappa shape index (κ2) is 10.2. The van der Waals surface area contributed by atoms with Gasteiger partial charge in [-0.1, -0.05) is 18.2 Å². The molecule has 2 aromatic rings. The van der Waals surface area contributed by atoms with Crippen molar-refractivity contribution in [3.8, 4) is 17.2 Å². The number of hydrogen-bond donors (Lipinski definition) is 2. The molecule has 10 heteroatoms. The molecule has 174 valence electrons. The van der Waals surface area contributed by atoms with E-state index in [0.29, 0.717) is 36.6 Å². The van der Waals surface area contributed by atoms with Crippen LogP contribution in [-0.4, -0.2) is 59.6 Å². The fraction of sp³-hybridized carbons (Fsp3) is 0.409. The Morgan fingerprint density at radius 1 is 1.06 bits per heavy atom. The Morgan fingerprint density at radius 3 is 2.38 bits per heavy atom. The lowest BCUT2D eigenvalue weighted by Gasteiger charge is -2.36. The second-order valence-electron chi connectivity index (χ2n) is 7.45. The molecular weight excluding hydrogens is 434 g/mol. The molecule has 2 aromatic carbocycles. The topological polar surface area (TPSA) is 106 Å². The first-order valence-electron chi connectivity index (χ1n) is 10.2. The number of hydrogen-bond acceptors (Lipinski definition) is 6. The van der Waals surface area contributed by atoms with Gasteiger partial charge in [-0.3, -0.25) is 4.79 Å². The molecule has 0 radical (unpaired) electrons. The summed E-state index contributed by atoms with van der Waals surface area (Å²) in [5.41, 5.74) is 1.73. The number of ether oxygens (including phenoxy) is 3. The monoisotopic (exact) mass is 463 g/mol. The Kier molecular flexibility index (Phi) is 7.60. The summed E-state index contributed by atoms with van der Waals surface area (Å²) >= 11 is 0. The maximum absolute atomic E-state index is 12.9. The minimum Gasteiger partial charge on any atom is -0.497 e. The zero-order valence-electron chi connectivity index (χ0n) is 18.6. The molecule has 0 aliphatic carbocycles. The average molecular weight is 464 g/mol. The van der Waals surface area contributed by atoms with Crippen molar-refractivity contribution in [1.29, 1.82) is 0 Å². The third kappa shape index (κ3) is 5.32. The van der Waals surface area contributed by atoms with Crippen LogP contribution in [0.3, 0.4) is 0 Å². The van der Waals surface area contributed by atoms with Crippen LogP contribution in [0.15, 0.2) is 42.5 Å². The van der Waals surface area contributed by atoms with Crippen molar-refractivity contribution < 1.29 is 27.4 Å². The number of benzene rings is 2. The fourth-order valence-corrected chi connectivity index (χ4v) is 4.92. The highest BCUT2D eigenvalue weighted by molar-refractivity contribution is 7.87. The Bertz CT molecular complexity index is 1040. The van der Waals surface area contributed by atoms with Gasteiger partial charge in [-0.2, -0.15) is 17.4 Å². The van der Waals surface area contributed by atoms with Gasteiger partial charge in [0.2, 0.25) is 5.91 Å². The summed E-state index contributed by atoms with van der Waals surface area (Å²) < 4.78 is 44.6. The van der Waals surface area contributed by atoms with Gasteiger partial charge >= 0.3 is 0 Å². The van der Waals surface area contributed by atoms with Crippen molar-refractivity contribution in [3.63, 3.8) is 0 Å². The Hall–Kier alpha value is -2.82. The maximum Gasteiger partial charge on any atom is 0.280 e. The predicted octanol–water partition coefficient (Wildman–Crippen LogP) is 1.65. The molecule has 3 rings (SSSR count). The second-order valence-corrected chi connectivity index (χ2v) is 9.21. The molecule has 1 heterocycles. The number of nitrogens with zero attached hydrogens (tertiary/aromatic N) is 1. The molecule has 1 saturated heterocycles. The van der Waals surface area contributed by atoms with Gasteiger partial charge in [0.1, 0.15) is 11.8 Å². The molecule has 0 saturated carbocycles. The summed E-state index contributed by atoms with van der Waals surface area (Å²) in [6.45, 7) is 0.360. The first kappa shape index (κ1) is 23.8. The van der Waals surface area contributed by atoms with Gasteiger partial charge in [-0.05, 0) is 48.2 Å². The van der Waals surface area contributed by atoms with Crippen molar-refractivity contribution in [3.05, 3.63) is 53.6 Å². The van der Waals surface area contributed by atoms with E-state index in [-0.39, 0.29) is 5.91 Å². The molecule has 1 aliphatic rings. The maximum atomic E-state index is 12.9. The normalized spacial score (nSPS) is 20.4. The van der Waals surface area contributed by atoms with E-state index in [2.05, 4.69) is 10.0 Å². The number of likely N-dealkylation sites (N-methyl/N-ethyl adjacent to an activating group) is 1. The number of carbonyl (C=O) groups excluding carboxylic acids is 1. The molecule has 0 unspecified atom stereocenters. The third-order valence-corrected chi connectivity index (χ3v) is 7.14. The molecular formula is C22H29N3O6S. The highest BCUT2D eigenvalue weighted by Gasteiger charge is 2.40. The van der Waals surface area contributed by atoms with Crippen molar-refractivity contribution in [2.45, 2.75) is 24.9 Å². The minimum atomic E-state index is -3.80. The van der Waals surface area contributed by atoms with Gasteiger partial charge in [0.15, 0.2) is 11.5 Å². The standard InChI is InChI=1S/C22H29N3O6S/c1-25-19(14-18(24-32(25,27)28)16-6-8-17(29-2)9-7-16)22(26)23-12-11-15-5-10-20(30-3)21(13-15)31-4/h5-10,13,18-19,24H,11-12,14H2,1-4H3,(H,23,26)/t18-,19+/m0/s1. The van der Waals surface area contributed by atoms with E-state index in [1.165, 1.54) is 7.05 Å². The molecule has 1 amide bonds. The molecule has 1 aliphatic heterocycles. The smallest absolute Gasteiger partial charge is 0.280 e. The molecule has 0 aromatic heterocycles. The molecule has 9 nitrogen and oxygen atoms in total. The summed E-state index contributed by atoms with van der Waals surface area (Å²) in [4.78, 5) is 12.9. The Morgan fingerprint density at radius 2 is 1.75 bits per heavy atom. The zero-order valence-corrected chi connectivity index (χ0v) is 19.4. The van der Waals surface area contributed by atoms with Gasteiger partial charge < -0.3 is 19.5 Å². The van der Waals surface area contributed by atoms with Crippen molar-refractivity contribution in [2.75, 3.05) is 34.9 Å². The molecule has 1 fully saturated rings. The molecule has 2 atom stereocenters. The first-order valence-corrected chi connectivity index (χ1v) is 11.6.